The van der Waals surface area contributed by atoms with Gasteiger partial charge in [0, 0.05) is 16.1 Å². The molecule has 158 valence electrons. The SMILES string of the molecule is COc1ccccc1Oc1c(-c2ccc(OCc3ccc(Br)cc3)cc2O)n[nH]c1C. The molecule has 0 fully saturated rings. The average Bonchev–Trinajstić information content (AvgIpc) is 3.14. The number of nitrogens with zero attached hydrogens (tertiary/aromatic N) is 1. The number of hydrogen-bond donors (Lipinski definition) is 2. The second-order valence-electron chi connectivity index (χ2n) is 6.87. The Morgan fingerprint density at radius 3 is 2.45 bits per heavy atom. The summed E-state index contributed by atoms with van der Waals surface area (Å²) in [5, 5.41) is 17.9. The first-order chi connectivity index (χ1) is 15.0. The van der Waals surface area contributed by atoms with Gasteiger partial charge in [-0.05, 0) is 48.9 Å². The fraction of sp³-hybridized carbons (Fsp3) is 0.125. The molecule has 0 aliphatic heterocycles. The van der Waals surface area contributed by atoms with E-state index in [0.29, 0.717) is 40.9 Å². The number of ether oxygens (including phenoxy) is 3. The molecule has 4 aromatic rings. The van der Waals surface area contributed by atoms with Crippen molar-refractivity contribution in [1.82, 2.24) is 10.2 Å². The maximum absolute atomic E-state index is 10.7. The minimum absolute atomic E-state index is 0.0460. The van der Waals surface area contributed by atoms with Crippen molar-refractivity contribution in [1.29, 1.82) is 0 Å². The largest absolute Gasteiger partial charge is 0.507 e. The molecule has 0 saturated carbocycles. The normalized spacial score (nSPS) is 10.7. The highest BCUT2D eigenvalue weighted by Gasteiger charge is 2.19. The van der Waals surface area contributed by atoms with Crippen molar-refractivity contribution < 1.29 is 19.3 Å². The predicted octanol–water partition coefficient (Wildman–Crippen LogP) is 6.23. The molecule has 3 aromatic carbocycles. The van der Waals surface area contributed by atoms with E-state index in [4.69, 9.17) is 14.2 Å². The molecule has 31 heavy (non-hydrogen) atoms. The number of methoxy groups -OCH3 is 1. The molecular weight excluding hydrogens is 460 g/mol. The number of nitrogens with one attached hydrogen (secondary N) is 1. The molecular formula is C24H21BrN2O4. The molecule has 0 radical (unpaired) electrons. The zero-order valence-electron chi connectivity index (χ0n) is 17.1. The van der Waals surface area contributed by atoms with Crippen LogP contribution in [0, 0.1) is 6.92 Å². The van der Waals surface area contributed by atoms with E-state index in [9.17, 15) is 5.11 Å². The third-order valence-electron chi connectivity index (χ3n) is 4.72. The molecule has 6 nitrogen and oxygen atoms in total. The number of aryl methyl sites for hydroxylation is 1. The number of aromatic amines is 1. The van der Waals surface area contributed by atoms with Crippen LogP contribution in [-0.2, 0) is 6.61 Å². The van der Waals surface area contributed by atoms with Crippen molar-refractivity contribution >= 4 is 15.9 Å². The minimum Gasteiger partial charge on any atom is -0.507 e. The molecule has 0 aliphatic carbocycles. The maximum atomic E-state index is 10.7. The molecule has 7 heteroatoms. The van der Waals surface area contributed by atoms with Gasteiger partial charge in [0.1, 0.15) is 23.8 Å². The molecule has 0 unspecified atom stereocenters. The van der Waals surface area contributed by atoms with Crippen LogP contribution in [0.5, 0.6) is 28.7 Å². The smallest absolute Gasteiger partial charge is 0.176 e. The van der Waals surface area contributed by atoms with Crippen LogP contribution in [0.3, 0.4) is 0 Å². The Balaban J connectivity index is 1.57. The van der Waals surface area contributed by atoms with Crippen molar-refractivity contribution in [2.45, 2.75) is 13.5 Å². The Labute approximate surface area is 188 Å². The van der Waals surface area contributed by atoms with Crippen LogP contribution in [0.1, 0.15) is 11.3 Å². The van der Waals surface area contributed by atoms with Gasteiger partial charge in [0.2, 0.25) is 0 Å². The van der Waals surface area contributed by atoms with E-state index in [1.54, 1.807) is 25.3 Å². The first-order valence-corrected chi connectivity index (χ1v) is 10.4. The molecule has 4 rings (SSSR count). The third kappa shape index (κ3) is 4.67. The highest BCUT2D eigenvalue weighted by Crippen LogP contribution is 2.41. The van der Waals surface area contributed by atoms with E-state index in [-0.39, 0.29) is 5.75 Å². The number of rotatable bonds is 7. The summed E-state index contributed by atoms with van der Waals surface area (Å²) >= 11 is 3.42. The summed E-state index contributed by atoms with van der Waals surface area (Å²) in [5.41, 5.74) is 2.80. The van der Waals surface area contributed by atoms with Crippen LogP contribution < -0.4 is 14.2 Å². The van der Waals surface area contributed by atoms with Gasteiger partial charge in [-0.3, -0.25) is 5.10 Å². The highest BCUT2D eigenvalue weighted by atomic mass is 79.9. The Kier molecular flexibility index (Phi) is 6.13. The van der Waals surface area contributed by atoms with Crippen LogP contribution in [0.15, 0.2) is 71.2 Å². The van der Waals surface area contributed by atoms with Crippen molar-refractivity contribution in [3.8, 4) is 40.0 Å². The Morgan fingerprint density at radius 1 is 1.00 bits per heavy atom. The van der Waals surface area contributed by atoms with E-state index in [1.165, 1.54) is 0 Å². The van der Waals surface area contributed by atoms with Crippen molar-refractivity contribution in [2.75, 3.05) is 7.11 Å². The summed E-state index contributed by atoms with van der Waals surface area (Å²) in [7, 11) is 1.59. The molecule has 0 atom stereocenters. The van der Waals surface area contributed by atoms with E-state index in [1.807, 2.05) is 55.5 Å². The first-order valence-electron chi connectivity index (χ1n) is 9.61. The maximum Gasteiger partial charge on any atom is 0.176 e. The first kappa shape index (κ1) is 20.8. The lowest BCUT2D eigenvalue weighted by atomic mass is 10.1. The summed E-state index contributed by atoms with van der Waals surface area (Å²) in [5.74, 6) is 2.29. The van der Waals surface area contributed by atoms with E-state index < -0.39 is 0 Å². The number of aromatic nitrogens is 2. The molecule has 1 heterocycles. The number of para-hydroxylation sites is 2. The van der Waals surface area contributed by atoms with Gasteiger partial charge in [-0.1, -0.05) is 40.2 Å². The lowest BCUT2D eigenvalue weighted by molar-refractivity contribution is 0.304. The Bertz CT molecular complexity index is 1190. The van der Waals surface area contributed by atoms with Gasteiger partial charge < -0.3 is 19.3 Å². The summed E-state index contributed by atoms with van der Waals surface area (Å²) < 4.78 is 18.3. The quantitative estimate of drug-likeness (QED) is 0.327. The van der Waals surface area contributed by atoms with Crippen LogP contribution >= 0.6 is 15.9 Å². The lowest BCUT2D eigenvalue weighted by Crippen LogP contribution is -1.95. The number of phenols is 1. The zero-order chi connectivity index (χ0) is 21.8. The standard InChI is InChI=1S/C24H21BrN2O4/c1-15-24(31-22-6-4-3-5-21(22)29-2)23(27-26-15)19-12-11-18(13-20(19)28)30-14-16-7-9-17(25)10-8-16/h3-13,28H,14H2,1-2H3,(H,26,27). The summed E-state index contributed by atoms with van der Waals surface area (Å²) in [6.07, 6.45) is 0. The van der Waals surface area contributed by atoms with Crippen LogP contribution in [-0.4, -0.2) is 22.4 Å². The number of H-pyrrole nitrogens is 1. The molecule has 0 aliphatic rings. The molecule has 0 bridgehead atoms. The summed E-state index contributed by atoms with van der Waals surface area (Å²) in [6, 6.07) is 20.4. The monoisotopic (exact) mass is 480 g/mol. The molecule has 1 aromatic heterocycles. The zero-order valence-corrected chi connectivity index (χ0v) is 18.6. The minimum atomic E-state index is 0.0460. The van der Waals surface area contributed by atoms with Crippen LogP contribution in [0.25, 0.3) is 11.3 Å². The Morgan fingerprint density at radius 2 is 1.74 bits per heavy atom. The van der Waals surface area contributed by atoms with Gasteiger partial charge in [-0.25, -0.2) is 0 Å². The van der Waals surface area contributed by atoms with Crippen molar-refractivity contribution in [3.05, 3.63) is 82.5 Å². The highest BCUT2D eigenvalue weighted by molar-refractivity contribution is 9.10. The topological polar surface area (TPSA) is 76.6 Å². The average molecular weight is 481 g/mol. The van der Waals surface area contributed by atoms with Gasteiger partial charge in [-0.2, -0.15) is 5.10 Å². The summed E-state index contributed by atoms with van der Waals surface area (Å²) in [6.45, 7) is 2.25. The fourth-order valence-electron chi connectivity index (χ4n) is 3.09. The van der Waals surface area contributed by atoms with Crippen LogP contribution in [0.4, 0.5) is 0 Å². The second-order valence-corrected chi connectivity index (χ2v) is 7.79. The predicted molar refractivity (Wildman–Crippen MR) is 122 cm³/mol. The number of benzene rings is 3. The number of phenolic OH excluding ortho intramolecular Hbond substituents is 1. The molecule has 0 spiro atoms. The molecule has 0 saturated heterocycles. The van der Waals surface area contributed by atoms with Gasteiger partial charge in [0.15, 0.2) is 17.2 Å². The van der Waals surface area contributed by atoms with E-state index >= 15 is 0 Å². The molecule has 0 amide bonds. The number of hydrogen-bond acceptors (Lipinski definition) is 5. The van der Waals surface area contributed by atoms with Gasteiger partial charge >= 0.3 is 0 Å². The number of halogens is 1. The third-order valence-corrected chi connectivity index (χ3v) is 5.24. The van der Waals surface area contributed by atoms with Gasteiger partial charge in [-0.15, -0.1) is 0 Å². The Hall–Kier alpha value is -3.45. The van der Waals surface area contributed by atoms with E-state index in [2.05, 4.69) is 26.1 Å². The van der Waals surface area contributed by atoms with Crippen molar-refractivity contribution in [2.24, 2.45) is 0 Å². The lowest BCUT2D eigenvalue weighted by Gasteiger charge is -2.12. The number of aromatic hydroxyl groups is 1. The van der Waals surface area contributed by atoms with E-state index in [0.717, 1.165) is 15.7 Å². The fourth-order valence-corrected chi connectivity index (χ4v) is 3.35. The van der Waals surface area contributed by atoms with Crippen molar-refractivity contribution in [3.63, 3.8) is 0 Å². The second kappa shape index (κ2) is 9.14. The molecule has 2 N–H and O–H groups in total. The van der Waals surface area contributed by atoms with Gasteiger partial charge in [0.25, 0.3) is 0 Å². The van der Waals surface area contributed by atoms with Gasteiger partial charge in [0.05, 0.1) is 12.8 Å². The van der Waals surface area contributed by atoms with Crippen LogP contribution in [0.2, 0.25) is 0 Å². The summed E-state index contributed by atoms with van der Waals surface area (Å²) in [4.78, 5) is 0.